The van der Waals surface area contributed by atoms with Crippen LogP contribution in [0.4, 0.5) is 0 Å². The number of aryl methyl sites for hydroxylation is 2. The molecule has 2 N–H and O–H groups in total. The lowest BCUT2D eigenvalue weighted by Crippen LogP contribution is -2.25. The van der Waals surface area contributed by atoms with E-state index in [9.17, 15) is 9.59 Å². The first-order valence-corrected chi connectivity index (χ1v) is 5.61. The molecule has 0 saturated carbocycles. The van der Waals surface area contributed by atoms with Gasteiger partial charge in [0.2, 0.25) is 5.91 Å². The molecule has 0 unspecified atom stereocenters. The minimum Gasteiger partial charge on any atom is -0.370 e. The van der Waals surface area contributed by atoms with Gasteiger partial charge in [-0.25, -0.2) is 4.79 Å². The Bertz CT molecular complexity index is 610. The molecule has 0 radical (unpaired) electrons. The fourth-order valence-corrected chi connectivity index (χ4v) is 2.02. The average molecular weight is 233 g/mol. The number of carbonyl (C=O) groups is 1. The fourth-order valence-electron chi connectivity index (χ4n) is 2.02. The Morgan fingerprint density at radius 3 is 2.35 bits per heavy atom. The molecular weight excluding hydrogens is 218 g/mol. The van der Waals surface area contributed by atoms with Crippen LogP contribution in [0.5, 0.6) is 0 Å². The van der Waals surface area contributed by atoms with Crippen molar-refractivity contribution in [1.29, 1.82) is 0 Å². The molecule has 0 aliphatic heterocycles. The molecule has 1 amide bonds. The summed E-state index contributed by atoms with van der Waals surface area (Å²) in [6, 6.07) is 7.56. The third-order valence-corrected chi connectivity index (χ3v) is 2.82. The van der Waals surface area contributed by atoms with Crippen LogP contribution >= 0.6 is 0 Å². The van der Waals surface area contributed by atoms with Gasteiger partial charge in [-0.15, -0.1) is 0 Å². The number of hydrogen-bond acceptors (Lipinski definition) is 2. The monoisotopic (exact) mass is 233 g/mol. The minimum atomic E-state index is -0.398. The van der Waals surface area contributed by atoms with Crippen molar-refractivity contribution in [3.05, 3.63) is 34.7 Å². The number of carbonyl (C=O) groups excluding carboxylic acids is 1. The standard InChI is InChI=1S/C12H15N3O2/c1-2-14-9-5-3-4-6-10(9)15(12(14)17)8-7-11(13)16/h3-6H,2,7-8H2,1H3,(H2,13,16). The molecule has 90 valence electrons. The Morgan fingerprint density at radius 1 is 1.24 bits per heavy atom. The second-order valence-corrected chi connectivity index (χ2v) is 3.88. The van der Waals surface area contributed by atoms with Gasteiger partial charge in [-0.3, -0.25) is 13.9 Å². The summed E-state index contributed by atoms with van der Waals surface area (Å²) in [5.41, 5.74) is 6.77. The number of rotatable bonds is 4. The summed E-state index contributed by atoms with van der Waals surface area (Å²) >= 11 is 0. The lowest BCUT2D eigenvalue weighted by molar-refractivity contribution is -0.118. The van der Waals surface area contributed by atoms with Gasteiger partial charge in [0.05, 0.1) is 11.0 Å². The summed E-state index contributed by atoms with van der Waals surface area (Å²) in [4.78, 5) is 22.9. The first-order valence-electron chi connectivity index (χ1n) is 5.61. The fraction of sp³-hybridized carbons (Fsp3) is 0.333. The maximum Gasteiger partial charge on any atom is 0.329 e. The molecule has 0 saturated heterocycles. The third-order valence-electron chi connectivity index (χ3n) is 2.82. The van der Waals surface area contributed by atoms with Crippen LogP contribution in [0.3, 0.4) is 0 Å². The van der Waals surface area contributed by atoms with Gasteiger partial charge in [0.25, 0.3) is 0 Å². The quantitative estimate of drug-likeness (QED) is 0.844. The number of nitrogens with zero attached hydrogens (tertiary/aromatic N) is 2. The van der Waals surface area contributed by atoms with Gasteiger partial charge in [0.15, 0.2) is 0 Å². The maximum absolute atomic E-state index is 12.1. The van der Waals surface area contributed by atoms with Crippen molar-refractivity contribution in [2.75, 3.05) is 0 Å². The molecule has 1 heterocycles. The van der Waals surface area contributed by atoms with Gasteiger partial charge in [-0.1, -0.05) is 12.1 Å². The molecule has 0 fully saturated rings. The molecule has 1 aromatic heterocycles. The molecule has 2 rings (SSSR count). The average Bonchev–Trinajstić information content (AvgIpc) is 2.58. The van der Waals surface area contributed by atoms with Crippen LogP contribution in [-0.2, 0) is 17.9 Å². The van der Waals surface area contributed by atoms with E-state index in [0.717, 1.165) is 11.0 Å². The van der Waals surface area contributed by atoms with Crippen molar-refractivity contribution in [2.45, 2.75) is 26.4 Å². The van der Waals surface area contributed by atoms with Crippen molar-refractivity contribution in [3.63, 3.8) is 0 Å². The summed E-state index contributed by atoms with van der Waals surface area (Å²) in [5, 5.41) is 0. The molecule has 0 atom stereocenters. The zero-order valence-electron chi connectivity index (χ0n) is 9.72. The number of benzene rings is 1. The summed E-state index contributed by atoms with van der Waals surface area (Å²) in [6.07, 6.45) is 0.178. The second kappa shape index (κ2) is 4.45. The molecule has 5 heteroatoms. The molecule has 1 aromatic carbocycles. The van der Waals surface area contributed by atoms with Crippen molar-refractivity contribution < 1.29 is 4.79 Å². The molecular formula is C12H15N3O2. The predicted octanol–water partition coefficient (Wildman–Crippen LogP) is 0.698. The summed E-state index contributed by atoms with van der Waals surface area (Å²) < 4.78 is 3.29. The predicted molar refractivity (Wildman–Crippen MR) is 65.7 cm³/mol. The summed E-state index contributed by atoms with van der Waals surface area (Å²) in [6.45, 7) is 2.87. The second-order valence-electron chi connectivity index (χ2n) is 3.88. The molecule has 17 heavy (non-hydrogen) atoms. The number of para-hydroxylation sites is 2. The van der Waals surface area contributed by atoms with Crippen LogP contribution in [0, 0.1) is 0 Å². The van der Waals surface area contributed by atoms with Crippen LogP contribution < -0.4 is 11.4 Å². The molecule has 0 bridgehead atoms. The Kier molecular flexibility index (Phi) is 2.99. The van der Waals surface area contributed by atoms with Crippen LogP contribution in [0.15, 0.2) is 29.1 Å². The van der Waals surface area contributed by atoms with Gasteiger partial charge in [0.1, 0.15) is 0 Å². The number of primary amides is 1. The van der Waals surface area contributed by atoms with Crippen molar-refractivity contribution in [3.8, 4) is 0 Å². The lowest BCUT2D eigenvalue weighted by Gasteiger charge is -1.99. The van der Waals surface area contributed by atoms with Gasteiger partial charge >= 0.3 is 5.69 Å². The topological polar surface area (TPSA) is 70.0 Å². The largest absolute Gasteiger partial charge is 0.370 e. The van der Waals surface area contributed by atoms with Crippen molar-refractivity contribution in [1.82, 2.24) is 9.13 Å². The lowest BCUT2D eigenvalue weighted by atomic mass is 10.3. The van der Waals surface area contributed by atoms with Crippen LogP contribution in [-0.4, -0.2) is 15.0 Å². The third kappa shape index (κ3) is 1.95. The highest BCUT2D eigenvalue weighted by Gasteiger charge is 2.11. The van der Waals surface area contributed by atoms with Crippen molar-refractivity contribution in [2.24, 2.45) is 5.73 Å². The van der Waals surface area contributed by atoms with E-state index in [1.54, 1.807) is 9.13 Å². The highest BCUT2D eigenvalue weighted by atomic mass is 16.2. The van der Waals surface area contributed by atoms with E-state index in [4.69, 9.17) is 5.73 Å². The molecule has 5 nitrogen and oxygen atoms in total. The Morgan fingerprint density at radius 2 is 1.82 bits per heavy atom. The number of fused-ring (bicyclic) bond motifs is 1. The van der Waals surface area contributed by atoms with E-state index >= 15 is 0 Å². The number of imidazole rings is 1. The SMILES string of the molecule is CCn1c(=O)n(CCC(N)=O)c2ccccc21. The number of aromatic nitrogens is 2. The van der Waals surface area contributed by atoms with E-state index in [-0.39, 0.29) is 12.1 Å². The normalized spacial score (nSPS) is 10.9. The summed E-state index contributed by atoms with van der Waals surface area (Å²) in [5.74, 6) is -0.398. The first-order chi connectivity index (χ1) is 8.15. The van der Waals surface area contributed by atoms with Crippen LogP contribution in [0.2, 0.25) is 0 Å². The van der Waals surface area contributed by atoms with Gasteiger partial charge < -0.3 is 5.73 Å². The Hall–Kier alpha value is -2.04. The van der Waals surface area contributed by atoms with Gasteiger partial charge in [0, 0.05) is 19.5 Å². The van der Waals surface area contributed by atoms with Crippen molar-refractivity contribution >= 4 is 16.9 Å². The van der Waals surface area contributed by atoms with E-state index in [2.05, 4.69) is 0 Å². The molecule has 0 spiro atoms. The molecule has 0 aliphatic carbocycles. The minimum absolute atomic E-state index is 0.0880. The smallest absolute Gasteiger partial charge is 0.329 e. The number of amides is 1. The molecule has 2 aromatic rings. The van der Waals surface area contributed by atoms with Gasteiger partial charge in [-0.05, 0) is 19.1 Å². The first kappa shape index (κ1) is 11.4. The molecule has 0 aliphatic rings. The van der Waals surface area contributed by atoms with Crippen LogP contribution in [0.25, 0.3) is 11.0 Å². The van der Waals surface area contributed by atoms with E-state index in [1.165, 1.54) is 0 Å². The highest BCUT2D eigenvalue weighted by molar-refractivity contribution is 5.77. The van der Waals surface area contributed by atoms with Gasteiger partial charge in [-0.2, -0.15) is 0 Å². The number of nitrogens with two attached hydrogens (primary N) is 1. The zero-order chi connectivity index (χ0) is 12.4. The zero-order valence-corrected chi connectivity index (χ0v) is 9.72. The van der Waals surface area contributed by atoms with Crippen LogP contribution in [0.1, 0.15) is 13.3 Å². The highest BCUT2D eigenvalue weighted by Crippen LogP contribution is 2.12. The summed E-state index contributed by atoms with van der Waals surface area (Å²) in [7, 11) is 0. The Labute approximate surface area is 98.4 Å². The van der Waals surface area contributed by atoms with E-state index in [1.807, 2.05) is 31.2 Å². The van der Waals surface area contributed by atoms with E-state index in [0.29, 0.717) is 13.1 Å². The van der Waals surface area contributed by atoms with E-state index < -0.39 is 5.91 Å². The number of hydrogen-bond donors (Lipinski definition) is 1. The Balaban J connectivity index is 2.58. The maximum atomic E-state index is 12.1.